The Morgan fingerprint density at radius 2 is 1.64 bits per heavy atom. The monoisotopic (exact) mass is 214 g/mol. The predicted octanol–water partition coefficient (Wildman–Crippen LogP) is 2.07. The molecule has 0 atom stereocenters. The van der Waals surface area contributed by atoms with Crippen LogP contribution in [-0.2, 0) is 0 Å². The molecule has 0 aromatic rings. The summed E-state index contributed by atoms with van der Waals surface area (Å²) in [6.07, 6.45) is 6.39. The Morgan fingerprint density at radius 1 is 1.14 bits per heavy atom. The maximum atomic E-state index is 5.91. The molecule has 1 fully saturated rings. The highest BCUT2D eigenvalue weighted by molar-refractivity contribution is 6.76. The lowest BCUT2D eigenvalue weighted by Crippen LogP contribution is -2.45. The van der Waals surface area contributed by atoms with Gasteiger partial charge in [-0.05, 0) is 38.9 Å². The third-order valence-electron chi connectivity index (χ3n) is 3.09. The van der Waals surface area contributed by atoms with Crippen LogP contribution in [0.1, 0.15) is 25.7 Å². The van der Waals surface area contributed by atoms with Gasteiger partial charge in [0.05, 0.1) is 8.07 Å². The summed E-state index contributed by atoms with van der Waals surface area (Å²) in [6.45, 7) is 7.33. The van der Waals surface area contributed by atoms with Crippen molar-refractivity contribution in [3.8, 4) is 0 Å². The van der Waals surface area contributed by atoms with Crippen LogP contribution in [0.4, 0.5) is 0 Å². The van der Waals surface area contributed by atoms with Gasteiger partial charge in [0.2, 0.25) is 0 Å². The highest BCUT2D eigenvalue weighted by Gasteiger charge is 2.25. The topological polar surface area (TPSA) is 29.3 Å². The molecule has 1 saturated carbocycles. The van der Waals surface area contributed by atoms with Crippen molar-refractivity contribution in [2.75, 3.05) is 13.2 Å². The SMILES string of the molecule is CN(C[Si](C)(C)C)C1CCC(N)CC1. The molecule has 2 N–H and O–H groups in total. The standard InChI is InChI=1S/C11H26N2Si/c1-13(9-14(2,3)4)11-7-5-10(12)6-8-11/h10-11H,5-9,12H2,1-4H3. The molecule has 0 saturated heterocycles. The van der Waals surface area contributed by atoms with Gasteiger partial charge in [0, 0.05) is 12.1 Å². The van der Waals surface area contributed by atoms with Gasteiger partial charge >= 0.3 is 0 Å². The van der Waals surface area contributed by atoms with E-state index in [-0.39, 0.29) is 0 Å². The molecule has 1 rings (SSSR count). The van der Waals surface area contributed by atoms with Crippen molar-refractivity contribution in [2.24, 2.45) is 5.73 Å². The second-order valence-electron chi connectivity index (χ2n) is 6.04. The summed E-state index contributed by atoms with van der Waals surface area (Å²) >= 11 is 0. The van der Waals surface area contributed by atoms with Crippen LogP contribution >= 0.6 is 0 Å². The zero-order chi connectivity index (χ0) is 10.8. The molecule has 3 heteroatoms. The van der Waals surface area contributed by atoms with Gasteiger partial charge in [-0.25, -0.2) is 0 Å². The van der Waals surface area contributed by atoms with E-state index in [1.807, 2.05) is 0 Å². The van der Waals surface area contributed by atoms with Crippen LogP contribution in [0.5, 0.6) is 0 Å². The lowest BCUT2D eigenvalue weighted by Gasteiger charge is -2.36. The second kappa shape index (κ2) is 4.77. The van der Waals surface area contributed by atoms with Crippen LogP contribution < -0.4 is 5.73 Å². The molecule has 0 aromatic carbocycles. The summed E-state index contributed by atoms with van der Waals surface area (Å²) < 4.78 is 0. The molecular formula is C11H26N2Si. The molecule has 0 spiro atoms. The van der Waals surface area contributed by atoms with Gasteiger partial charge in [0.25, 0.3) is 0 Å². The lowest BCUT2D eigenvalue weighted by atomic mass is 9.91. The molecule has 0 aromatic heterocycles. The first-order valence-electron chi connectivity index (χ1n) is 5.84. The fourth-order valence-corrected chi connectivity index (χ4v) is 4.17. The quantitative estimate of drug-likeness (QED) is 0.729. The third kappa shape index (κ3) is 4.11. The van der Waals surface area contributed by atoms with Gasteiger partial charge in [-0.1, -0.05) is 19.6 Å². The van der Waals surface area contributed by atoms with E-state index in [0.717, 1.165) is 6.04 Å². The van der Waals surface area contributed by atoms with Crippen molar-refractivity contribution < 1.29 is 0 Å². The molecule has 2 nitrogen and oxygen atoms in total. The van der Waals surface area contributed by atoms with E-state index in [4.69, 9.17) is 5.73 Å². The number of nitrogens with zero attached hydrogens (tertiary/aromatic N) is 1. The Labute approximate surface area is 89.9 Å². The van der Waals surface area contributed by atoms with Gasteiger partial charge in [-0.15, -0.1) is 0 Å². The normalized spacial score (nSPS) is 29.6. The lowest BCUT2D eigenvalue weighted by molar-refractivity contribution is 0.204. The first-order valence-corrected chi connectivity index (χ1v) is 9.55. The predicted molar refractivity (Wildman–Crippen MR) is 66.2 cm³/mol. The fourth-order valence-electron chi connectivity index (χ4n) is 2.42. The van der Waals surface area contributed by atoms with Crippen LogP contribution in [0.15, 0.2) is 0 Å². The van der Waals surface area contributed by atoms with Crippen LogP contribution in [0.25, 0.3) is 0 Å². The minimum atomic E-state index is -0.927. The molecule has 0 bridgehead atoms. The minimum absolute atomic E-state index is 0.478. The molecule has 0 radical (unpaired) electrons. The molecule has 0 unspecified atom stereocenters. The molecule has 0 aliphatic heterocycles. The molecule has 0 amide bonds. The largest absolute Gasteiger partial charge is 0.328 e. The summed E-state index contributed by atoms with van der Waals surface area (Å²) in [5, 5.41) is 0. The Balaban J connectivity index is 2.34. The molecule has 1 aliphatic rings. The van der Waals surface area contributed by atoms with E-state index in [9.17, 15) is 0 Å². The average Bonchev–Trinajstić information content (AvgIpc) is 2.02. The van der Waals surface area contributed by atoms with Crippen LogP contribution in [0.3, 0.4) is 0 Å². The van der Waals surface area contributed by atoms with E-state index >= 15 is 0 Å². The zero-order valence-electron chi connectivity index (χ0n) is 10.2. The molecule has 84 valence electrons. The van der Waals surface area contributed by atoms with Gasteiger partial charge < -0.3 is 10.6 Å². The number of hydrogen-bond donors (Lipinski definition) is 1. The Bertz CT molecular complexity index is 169. The zero-order valence-corrected chi connectivity index (χ0v) is 11.2. The summed E-state index contributed by atoms with van der Waals surface area (Å²) in [5.41, 5.74) is 5.91. The minimum Gasteiger partial charge on any atom is -0.328 e. The molecular weight excluding hydrogens is 188 g/mol. The summed E-state index contributed by atoms with van der Waals surface area (Å²) in [5.74, 6) is 0. The van der Waals surface area contributed by atoms with E-state index < -0.39 is 8.07 Å². The average molecular weight is 214 g/mol. The summed E-state index contributed by atoms with van der Waals surface area (Å²) in [4.78, 5) is 2.58. The summed E-state index contributed by atoms with van der Waals surface area (Å²) in [6, 6.07) is 1.29. The van der Waals surface area contributed by atoms with Gasteiger partial charge in [0.15, 0.2) is 0 Å². The molecule has 0 heterocycles. The van der Waals surface area contributed by atoms with Crippen molar-refractivity contribution in [3.63, 3.8) is 0 Å². The van der Waals surface area contributed by atoms with Crippen LogP contribution in [-0.4, -0.2) is 38.3 Å². The maximum absolute atomic E-state index is 5.91. The maximum Gasteiger partial charge on any atom is 0.0599 e. The van der Waals surface area contributed by atoms with Crippen LogP contribution in [0, 0.1) is 0 Å². The van der Waals surface area contributed by atoms with Crippen molar-refractivity contribution >= 4 is 8.07 Å². The van der Waals surface area contributed by atoms with Crippen molar-refractivity contribution in [1.29, 1.82) is 0 Å². The van der Waals surface area contributed by atoms with Crippen molar-refractivity contribution in [2.45, 2.75) is 57.4 Å². The fraction of sp³-hybridized carbons (Fsp3) is 1.00. The van der Waals surface area contributed by atoms with Crippen molar-refractivity contribution in [3.05, 3.63) is 0 Å². The van der Waals surface area contributed by atoms with Gasteiger partial charge in [0.1, 0.15) is 0 Å². The van der Waals surface area contributed by atoms with Crippen LogP contribution in [0.2, 0.25) is 19.6 Å². The van der Waals surface area contributed by atoms with E-state index in [0.29, 0.717) is 6.04 Å². The van der Waals surface area contributed by atoms with Crippen molar-refractivity contribution in [1.82, 2.24) is 4.90 Å². The van der Waals surface area contributed by atoms with Gasteiger partial charge in [-0.2, -0.15) is 0 Å². The van der Waals surface area contributed by atoms with Gasteiger partial charge in [-0.3, -0.25) is 0 Å². The van der Waals surface area contributed by atoms with E-state index in [1.54, 1.807) is 0 Å². The third-order valence-corrected chi connectivity index (χ3v) is 4.54. The Morgan fingerprint density at radius 3 is 2.07 bits per heavy atom. The molecule has 14 heavy (non-hydrogen) atoms. The highest BCUT2D eigenvalue weighted by Crippen LogP contribution is 2.22. The highest BCUT2D eigenvalue weighted by atomic mass is 28.3. The number of rotatable bonds is 3. The first-order chi connectivity index (χ1) is 6.38. The molecule has 1 aliphatic carbocycles. The Hall–Kier alpha value is 0.137. The second-order valence-corrected chi connectivity index (χ2v) is 11.5. The Kier molecular flexibility index (Phi) is 4.16. The van der Waals surface area contributed by atoms with E-state index in [2.05, 4.69) is 31.6 Å². The first kappa shape index (κ1) is 12.2. The summed E-state index contributed by atoms with van der Waals surface area (Å²) in [7, 11) is 1.36. The number of nitrogens with two attached hydrogens (primary N) is 1. The van der Waals surface area contributed by atoms with E-state index in [1.165, 1.54) is 31.9 Å². The smallest absolute Gasteiger partial charge is 0.0599 e. The number of hydrogen-bond acceptors (Lipinski definition) is 2.